The van der Waals surface area contributed by atoms with Crippen molar-refractivity contribution in [3.05, 3.63) is 82.0 Å². The number of furan rings is 1. The zero-order valence-electron chi connectivity index (χ0n) is 17.9. The summed E-state index contributed by atoms with van der Waals surface area (Å²) >= 11 is 0.762. The van der Waals surface area contributed by atoms with Gasteiger partial charge >= 0.3 is 0 Å². The van der Waals surface area contributed by atoms with Crippen LogP contribution in [-0.2, 0) is 9.59 Å². The van der Waals surface area contributed by atoms with Gasteiger partial charge in [-0.1, -0.05) is 6.07 Å². The molecule has 1 aliphatic heterocycles. The van der Waals surface area contributed by atoms with Crippen LogP contribution in [-0.4, -0.2) is 28.5 Å². The van der Waals surface area contributed by atoms with Crippen LogP contribution >= 0.6 is 11.8 Å². The summed E-state index contributed by atoms with van der Waals surface area (Å²) in [6, 6.07) is 17.9. The molecule has 1 saturated heterocycles. The minimum atomic E-state index is -0.545. The average Bonchev–Trinajstić information content (AvgIpc) is 3.37. The Morgan fingerprint density at radius 3 is 2.55 bits per heavy atom. The number of hydrogen-bond acceptors (Lipinski definition) is 6. The van der Waals surface area contributed by atoms with Crippen molar-refractivity contribution < 1.29 is 18.8 Å². The molecule has 1 fully saturated rings. The first-order valence-corrected chi connectivity index (χ1v) is 10.9. The van der Waals surface area contributed by atoms with E-state index in [2.05, 4.69) is 11.4 Å². The number of amides is 3. The largest absolute Gasteiger partial charge is 0.457 e. The number of rotatable bonds is 5. The topological polar surface area (TPSA) is 103 Å². The van der Waals surface area contributed by atoms with E-state index in [4.69, 9.17) is 9.68 Å². The predicted molar refractivity (Wildman–Crippen MR) is 126 cm³/mol. The second kappa shape index (κ2) is 9.18. The fraction of sp³-hybridized carbons (Fsp3) is 0.120. The van der Waals surface area contributed by atoms with Gasteiger partial charge in [0.25, 0.3) is 11.1 Å². The van der Waals surface area contributed by atoms with Gasteiger partial charge in [0.05, 0.1) is 16.5 Å². The SMILES string of the molecule is Cc1ccc(NC(=O)CN2C(=O)S/C(=C/c3ccc(-c4ccc(C#N)cc4)o3)C2=O)cc1C. The smallest absolute Gasteiger partial charge is 0.294 e. The predicted octanol–water partition coefficient (Wildman–Crippen LogP) is 5.11. The van der Waals surface area contributed by atoms with Gasteiger partial charge in [-0.3, -0.25) is 19.3 Å². The standard InChI is InChI=1S/C25H19N3O4S/c1-15-3-8-19(11-16(15)2)27-23(29)14-28-24(30)22(33-25(28)31)12-20-9-10-21(32-20)18-6-4-17(13-26)5-7-18/h3-12H,14H2,1-2H3,(H,27,29)/b22-12+. The van der Waals surface area contributed by atoms with E-state index in [1.54, 1.807) is 42.5 Å². The molecule has 0 bridgehead atoms. The Hall–Kier alpha value is -4.09. The molecule has 0 radical (unpaired) electrons. The number of aryl methyl sites for hydroxylation is 2. The molecule has 2 heterocycles. The van der Waals surface area contributed by atoms with Crippen LogP contribution < -0.4 is 5.32 Å². The van der Waals surface area contributed by atoms with Crippen LogP contribution in [0.4, 0.5) is 10.5 Å². The third kappa shape index (κ3) is 4.89. The molecule has 1 aromatic heterocycles. The first kappa shape index (κ1) is 22.1. The molecule has 164 valence electrons. The number of carbonyl (C=O) groups is 3. The maximum atomic E-state index is 12.7. The molecule has 0 saturated carbocycles. The van der Waals surface area contributed by atoms with Gasteiger partial charge in [-0.2, -0.15) is 5.26 Å². The summed E-state index contributed by atoms with van der Waals surface area (Å²) in [6.07, 6.45) is 1.49. The molecule has 7 nitrogen and oxygen atoms in total. The molecule has 1 N–H and O–H groups in total. The Morgan fingerprint density at radius 1 is 1.09 bits per heavy atom. The maximum Gasteiger partial charge on any atom is 0.294 e. The van der Waals surface area contributed by atoms with Crippen LogP contribution in [0.5, 0.6) is 0 Å². The maximum absolute atomic E-state index is 12.7. The molecular formula is C25H19N3O4S. The van der Waals surface area contributed by atoms with Gasteiger partial charge in [-0.25, -0.2) is 0 Å². The molecular weight excluding hydrogens is 438 g/mol. The quantitative estimate of drug-likeness (QED) is 0.534. The molecule has 3 amide bonds. The number of carbonyl (C=O) groups excluding carboxylic acids is 3. The second-order valence-corrected chi connectivity index (χ2v) is 8.50. The zero-order chi connectivity index (χ0) is 23.5. The molecule has 2 aromatic carbocycles. The molecule has 8 heteroatoms. The van der Waals surface area contributed by atoms with E-state index < -0.39 is 17.1 Å². The summed E-state index contributed by atoms with van der Waals surface area (Å²) in [5, 5.41) is 11.1. The number of hydrogen-bond donors (Lipinski definition) is 1. The summed E-state index contributed by atoms with van der Waals surface area (Å²) in [5.41, 5.74) is 4.06. The van der Waals surface area contributed by atoms with E-state index >= 15 is 0 Å². The molecule has 3 aromatic rings. The van der Waals surface area contributed by atoms with Crippen molar-refractivity contribution in [3.8, 4) is 17.4 Å². The lowest BCUT2D eigenvalue weighted by molar-refractivity contribution is -0.127. The van der Waals surface area contributed by atoms with E-state index in [0.29, 0.717) is 22.8 Å². The molecule has 33 heavy (non-hydrogen) atoms. The van der Waals surface area contributed by atoms with Crippen molar-refractivity contribution in [1.82, 2.24) is 4.90 Å². The lowest BCUT2D eigenvalue weighted by atomic mass is 10.1. The van der Waals surface area contributed by atoms with Gasteiger partial charge in [0, 0.05) is 17.3 Å². The highest BCUT2D eigenvalue weighted by atomic mass is 32.2. The number of nitrogens with one attached hydrogen (secondary N) is 1. The number of imide groups is 1. The summed E-state index contributed by atoms with van der Waals surface area (Å²) in [4.78, 5) is 38.6. The van der Waals surface area contributed by atoms with Crippen LogP contribution in [0, 0.1) is 25.2 Å². The highest BCUT2D eigenvalue weighted by Crippen LogP contribution is 2.33. The van der Waals surface area contributed by atoms with Crippen LogP contribution in [0.1, 0.15) is 22.5 Å². The van der Waals surface area contributed by atoms with Crippen LogP contribution in [0.15, 0.2) is 63.9 Å². The number of benzene rings is 2. The van der Waals surface area contributed by atoms with Crippen LogP contribution in [0.2, 0.25) is 0 Å². The molecule has 0 spiro atoms. The van der Waals surface area contributed by atoms with Gasteiger partial charge in [-0.05, 0) is 85.3 Å². The van der Waals surface area contributed by atoms with E-state index in [0.717, 1.165) is 33.4 Å². The average molecular weight is 458 g/mol. The summed E-state index contributed by atoms with van der Waals surface area (Å²) in [5.74, 6) is -0.0309. The molecule has 0 atom stereocenters. The number of thioether (sulfide) groups is 1. The second-order valence-electron chi connectivity index (χ2n) is 7.51. The third-order valence-electron chi connectivity index (χ3n) is 5.16. The fourth-order valence-electron chi connectivity index (χ4n) is 3.22. The minimum Gasteiger partial charge on any atom is -0.457 e. The highest BCUT2D eigenvalue weighted by Gasteiger charge is 2.36. The van der Waals surface area contributed by atoms with E-state index in [1.807, 2.05) is 26.0 Å². The summed E-state index contributed by atoms with van der Waals surface area (Å²) < 4.78 is 5.77. The summed E-state index contributed by atoms with van der Waals surface area (Å²) in [7, 11) is 0. The van der Waals surface area contributed by atoms with Gasteiger partial charge in [0.15, 0.2) is 0 Å². The summed E-state index contributed by atoms with van der Waals surface area (Å²) in [6.45, 7) is 3.54. The lowest BCUT2D eigenvalue weighted by Crippen LogP contribution is -2.36. The van der Waals surface area contributed by atoms with Crippen molar-refractivity contribution in [2.45, 2.75) is 13.8 Å². The monoisotopic (exact) mass is 457 g/mol. The normalized spacial score (nSPS) is 14.6. The van der Waals surface area contributed by atoms with Crippen molar-refractivity contribution in [2.24, 2.45) is 0 Å². The van der Waals surface area contributed by atoms with Crippen molar-refractivity contribution in [1.29, 1.82) is 5.26 Å². The Morgan fingerprint density at radius 2 is 1.85 bits per heavy atom. The van der Waals surface area contributed by atoms with Gasteiger partial charge < -0.3 is 9.73 Å². The Balaban J connectivity index is 1.44. The van der Waals surface area contributed by atoms with E-state index in [1.165, 1.54) is 6.08 Å². The molecule has 4 rings (SSSR count). The van der Waals surface area contributed by atoms with Crippen molar-refractivity contribution in [3.63, 3.8) is 0 Å². The first-order chi connectivity index (χ1) is 15.8. The Labute approximate surface area is 194 Å². The number of anilines is 1. The Kier molecular flexibility index (Phi) is 6.16. The highest BCUT2D eigenvalue weighted by molar-refractivity contribution is 8.18. The third-order valence-corrected chi connectivity index (χ3v) is 6.07. The Bertz CT molecular complexity index is 1330. The fourth-order valence-corrected chi connectivity index (χ4v) is 4.04. The minimum absolute atomic E-state index is 0.180. The number of nitriles is 1. The number of nitrogens with zero attached hydrogens (tertiary/aromatic N) is 2. The first-order valence-electron chi connectivity index (χ1n) is 10.1. The molecule has 1 aliphatic rings. The van der Waals surface area contributed by atoms with Gasteiger partial charge in [-0.15, -0.1) is 0 Å². The lowest BCUT2D eigenvalue weighted by Gasteiger charge is -2.13. The van der Waals surface area contributed by atoms with Crippen LogP contribution in [0.3, 0.4) is 0 Å². The van der Waals surface area contributed by atoms with E-state index in [-0.39, 0.29) is 11.4 Å². The zero-order valence-corrected chi connectivity index (χ0v) is 18.7. The molecule has 0 unspecified atom stereocenters. The molecule has 0 aliphatic carbocycles. The van der Waals surface area contributed by atoms with Crippen molar-refractivity contribution >= 4 is 40.6 Å². The van der Waals surface area contributed by atoms with Crippen LogP contribution in [0.25, 0.3) is 17.4 Å². The van der Waals surface area contributed by atoms with Gasteiger partial charge in [0.2, 0.25) is 5.91 Å². The van der Waals surface area contributed by atoms with E-state index in [9.17, 15) is 14.4 Å². The van der Waals surface area contributed by atoms with Crippen molar-refractivity contribution in [2.75, 3.05) is 11.9 Å². The van der Waals surface area contributed by atoms with Gasteiger partial charge in [0.1, 0.15) is 18.1 Å².